The zero-order chi connectivity index (χ0) is 20.6. The lowest BCUT2D eigenvalue weighted by molar-refractivity contribution is -0.384. The van der Waals surface area contributed by atoms with Gasteiger partial charge in [-0.05, 0) is 37.6 Å². The molecule has 1 saturated heterocycles. The molecule has 2 atom stereocenters. The van der Waals surface area contributed by atoms with E-state index in [1.54, 1.807) is 12.1 Å². The summed E-state index contributed by atoms with van der Waals surface area (Å²) in [4.78, 5) is 24.9. The van der Waals surface area contributed by atoms with Gasteiger partial charge >= 0.3 is 0 Å². The number of para-hydroxylation sites is 1. The Labute approximate surface area is 169 Å². The molecule has 1 aliphatic rings. The van der Waals surface area contributed by atoms with Crippen molar-refractivity contribution in [2.75, 3.05) is 31.6 Å². The predicted molar refractivity (Wildman–Crippen MR) is 109 cm³/mol. The van der Waals surface area contributed by atoms with Crippen LogP contribution in [0, 0.1) is 16.0 Å². The van der Waals surface area contributed by atoms with Crippen molar-refractivity contribution in [3.05, 3.63) is 64.7 Å². The van der Waals surface area contributed by atoms with Crippen LogP contribution >= 0.6 is 0 Å². The molecule has 0 radical (unpaired) electrons. The molecule has 2 aromatic rings. The van der Waals surface area contributed by atoms with Crippen molar-refractivity contribution >= 4 is 17.3 Å². The summed E-state index contributed by atoms with van der Waals surface area (Å²) in [7, 11) is 0. The van der Waals surface area contributed by atoms with Crippen LogP contribution < -0.4 is 10.1 Å². The minimum absolute atomic E-state index is 0.0109. The largest absolute Gasteiger partial charge is 0.491 e. The maximum absolute atomic E-state index is 12.5. The van der Waals surface area contributed by atoms with Crippen LogP contribution in [0.5, 0.6) is 5.75 Å². The number of carbonyl (C=O) groups is 1. The molecule has 0 saturated carbocycles. The van der Waals surface area contributed by atoms with E-state index in [1.807, 2.05) is 30.3 Å². The molecular formula is C21H25N3O5. The SMILES string of the molecule is O=C(Nc1ccccc1)[C@H]1CCCN(C[C@@H](O)COc2cccc([N+](=O)[O-])c2)C1. The minimum Gasteiger partial charge on any atom is -0.491 e. The summed E-state index contributed by atoms with van der Waals surface area (Å²) in [6.45, 7) is 1.79. The van der Waals surface area contributed by atoms with Crippen LogP contribution in [-0.4, -0.2) is 53.2 Å². The fourth-order valence-corrected chi connectivity index (χ4v) is 3.43. The van der Waals surface area contributed by atoms with E-state index in [4.69, 9.17) is 4.74 Å². The zero-order valence-electron chi connectivity index (χ0n) is 16.1. The average Bonchev–Trinajstić information content (AvgIpc) is 2.73. The lowest BCUT2D eigenvalue weighted by atomic mass is 9.96. The van der Waals surface area contributed by atoms with Crippen LogP contribution in [0.1, 0.15) is 12.8 Å². The van der Waals surface area contributed by atoms with Crippen LogP contribution in [-0.2, 0) is 4.79 Å². The van der Waals surface area contributed by atoms with Gasteiger partial charge in [-0.2, -0.15) is 0 Å². The third-order valence-electron chi connectivity index (χ3n) is 4.86. The number of aliphatic hydroxyl groups excluding tert-OH is 1. The molecule has 1 aliphatic heterocycles. The smallest absolute Gasteiger partial charge is 0.273 e. The van der Waals surface area contributed by atoms with Gasteiger partial charge in [-0.15, -0.1) is 0 Å². The molecular weight excluding hydrogens is 374 g/mol. The van der Waals surface area contributed by atoms with Gasteiger partial charge in [0.25, 0.3) is 5.69 Å². The molecule has 3 rings (SSSR count). The van der Waals surface area contributed by atoms with Crippen molar-refractivity contribution in [2.24, 2.45) is 5.92 Å². The van der Waals surface area contributed by atoms with Gasteiger partial charge in [0.1, 0.15) is 18.5 Å². The summed E-state index contributed by atoms with van der Waals surface area (Å²) in [5.74, 6) is 0.203. The van der Waals surface area contributed by atoms with Gasteiger partial charge in [-0.3, -0.25) is 19.8 Å². The highest BCUT2D eigenvalue weighted by Gasteiger charge is 2.27. The van der Waals surface area contributed by atoms with Crippen LogP contribution in [0.3, 0.4) is 0 Å². The Morgan fingerprint density at radius 2 is 2.07 bits per heavy atom. The van der Waals surface area contributed by atoms with Gasteiger partial charge in [0.05, 0.1) is 16.9 Å². The number of carbonyl (C=O) groups excluding carboxylic acids is 1. The molecule has 1 fully saturated rings. The van der Waals surface area contributed by atoms with Crippen LogP contribution in [0.4, 0.5) is 11.4 Å². The van der Waals surface area contributed by atoms with Crippen molar-refractivity contribution < 1.29 is 19.6 Å². The third kappa shape index (κ3) is 6.27. The number of nitro benzene ring substituents is 1. The number of amides is 1. The molecule has 0 unspecified atom stereocenters. The number of nitrogens with one attached hydrogen (secondary N) is 1. The molecule has 2 aromatic carbocycles. The monoisotopic (exact) mass is 399 g/mol. The maximum Gasteiger partial charge on any atom is 0.273 e. The van der Waals surface area contributed by atoms with E-state index in [2.05, 4.69) is 10.2 Å². The second-order valence-corrected chi connectivity index (χ2v) is 7.17. The lowest BCUT2D eigenvalue weighted by Gasteiger charge is -2.33. The van der Waals surface area contributed by atoms with E-state index in [1.165, 1.54) is 12.1 Å². The summed E-state index contributed by atoms with van der Waals surface area (Å²) >= 11 is 0. The Balaban J connectivity index is 1.46. The summed E-state index contributed by atoms with van der Waals surface area (Å²) in [6.07, 6.45) is 0.936. The van der Waals surface area contributed by atoms with E-state index in [0.717, 1.165) is 25.1 Å². The highest BCUT2D eigenvalue weighted by Crippen LogP contribution is 2.21. The molecule has 2 N–H and O–H groups in total. The molecule has 154 valence electrons. The highest BCUT2D eigenvalue weighted by molar-refractivity contribution is 5.92. The normalized spacial score (nSPS) is 18.0. The van der Waals surface area contributed by atoms with Gasteiger partial charge in [-0.25, -0.2) is 0 Å². The van der Waals surface area contributed by atoms with E-state index < -0.39 is 11.0 Å². The van der Waals surface area contributed by atoms with Crippen molar-refractivity contribution in [3.63, 3.8) is 0 Å². The topological polar surface area (TPSA) is 105 Å². The number of ether oxygens (including phenoxy) is 1. The molecule has 0 bridgehead atoms. The standard InChI is InChI=1S/C21H25N3O5/c25-19(15-29-20-10-4-9-18(12-20)24(27)28)14-23-11-5-6-16(13-23)21(26)22-17-7-2-1-3-8-17/h1-4,7-10,12,16,19,25H,5-6,11,13-15H2,(H,22,26)/t16-,19+/m0/s1. The highest BCUT2D eigenvalue weighted by atomic mass is 16.6. The second-order valence-electron chi connectivity index (χ2n) is 7.17. The van der Waals surface area contributed by atoms with Crippen molar-refractivity contribution in [1.29, 1.82) is 0 Å². The number of hydrogen-bond donors (Lipinski definition) is 2. The molecule has 1 amide bonds. The van der Waals surface area contributed by atoms with E-state index >= 15 is 0 Å². The number of benzene rings is 2. The molecule has 0 spiro atoms. The Hall–Kier alpha value is -2.97. The summed E-state index contributed by atoms with van der Waals surface area (Å²) in [5, 5.41) is 24.1. The number of β-amino-alcohol motifs (C(OH)–C–C–N with tert-alkyl or cyclic N) is 1. The first-order valence-corrected chi connectivity index (χ1v) is 9.65. The molecule has 0 aromatic heterocycles. The van der Waals surface area contributed by atoms with Crippen LogP contribution in [0.2, 0.25) is 0 Å². The molecule has 8 nitrogen and oxygen atoms in total. The van der Waals surface area contributed by atoms with Crippen molar-refractivity contribution in [3.8, 4) is 5.75 Å². The van der Waals surface area contributed by atoms with E-state index in [9.17, 15) is 20.0 Å². The Morgan fingerprint density at radius 3 is 2.83 bits per heavy atom. The Morgan fingerprint density at radius 1 is 1.28 bits per heavy atom. The number of non-ortho nitro benzene ring substituents is 1. The van der Waals surface area contributed by atoms with E-state index in [-0.39, 0.29) is 24.1 Å². The number of rotatable bonds is 8. The van der Waals surface area contributed by atoms with Gasteiger partial charge in [0.2, 0.25) is 5.91 Å². The number of piperidine rings is 1. The second kappa shape index (κ2) is 9.99. The molecule has 0 aliphatic carbocycles. The first kappa shape index (κ1) is 20.8. The fourth-order valence-electron chi connectivity index (χ4n) is 3.43. The number of aliphatic hydroxyl groups is 1. The fraction of sp³-hybridized carbons (Fsp3) is 0.381. The summed E-state index contributed by atoms with van der Waals surface area (Å²) in [6, 6.07) is 15.2. The first-order valence-electron chi connectivity index (χ1n) is 9.65. The number of hydrogen-bond acceptors (Lipinski definition) is 6. The predicted octanol–water partition coefficient (Wildman–Crippen LogP) is 2.69. The maximum atomic E-state index is 12.5. The summed E-state index contributed by atoms with van der Waals surface area (Å²) < 4.78 is 5.49. The van der Waals surface area contributed by atoms with Crippen LogP contribution in [0.15, 0.2) is 54.6 Å². The summed E-state index contributed by atoms with van der Waals surface area (Å²) in [5.41, 5.74) is 0.723. The lowest BCUT2D eigenvalue weighted by Crippen LogP contribution is -2.44. The number of nitrogens with zero attached hydrogens (tertiary/aromatic N) is 2. The molecule has 8 heteroatoms. The van der Waals surface area contributed by atoms with E-state index in [0.29, 0.717) is 18.8 Å². The van der Waals surface area contributed by atoms with Gasteiger partial charge in [0.15, 0.2) is 0 Å². The third-order valence-corrected chi connectivity index (χ3v) is 4.86. The van der Waals surface area contributed by atoms with Gasteiger partial charge in [-0.1, -0.05) is 24.3 Å². The Bertz CT molecular complexity index is 830. The molecule has 1 heterocycles. The van der Waals surface area contributed by atoms with Crippen molar-refractivity contribution in [1.82, 2.24) is 4.90 Å². The Kier molecular flexibility index (Phi) is 7.15. The minimum atomic E-state index is -0.759. The van der Waals surface area contributed by atoms with Gasteiger partial charge < -0.3 is 15.2 Å². The number of nitro groups is 1. The van der Waals surface area contributed by atoms with Crippen LogP contribution in [0.25, 0.3) is 0 Å². The van der Waals surface area contributed by atoms with Gasteiger partial charge in [0, 0.05) is 24.8 Å². The quantitative estimate of drug-likeness (QED) is 0.522. The first-order chi connectivity index (χ1) is 14.0. The average molecular weight is 399 g/mol. The number of anilines is 1. The number of likely N-dealkylation sites (tertiary alicyclic amines) is 1. The molecule has 29 heavy (non-hydrogen) atoms. The van der Waals surface area contributed by atoms with Crippen molar-refractivity contribution in [2.45, 2.75) is 18.9 Å². The zero-order valence-corrected chi connectivity index (χ0v) is 16.1.